The highest BCUT2D eigenvalue weighted by atomic mass is 16.2. The van der Waals surface area contributed by atoms with Gasteiger partial charge in [0.25, 0.3) is 0 Å². The van der Waals surface area contributed by atoms with Gasteiger partial charge in [-0.1, -0.05) is 29.8 Å². The van der Waals surface area contributed by atoms with Crippen LogP contribution in [0.4, 0.5) is 0 Å². The van der Waals surface area contributed by atoms with E-state index in [0.29, 0.717) is 6.54 Å². The third-order valence-electron chi connectivity index (χ3n) is 3.54. The fourth-order valence-electron chi connectivity index (χ4n) is 2.01. The van der Waals surface area contributed by atoms with Gasteiger partial charge in [-0.05, 0) is 44.0 Å². The predicted molar refractivity (Wildman–Crippen MR) is 80.3 cm³/mol. The molecule has 104 valence electrons. The lowest BCUT2D eigenvalue weighted by atomic mass is 9.83. The zero-order valence-corrected chi connectivity index (χ0v) is 12.2. The Labute approximate surface area is 120 Å². The average Bonchev–Trinajstić information content (AvgIpc) is 2.46. The second kappa shape index (κ2) is 5.87. The van der Waals surface area contributed by atoms with Crippen LogP contribution in [0.25, 0.3) is 0 Å². The van der Waals surface area contributed by atoms with Gasteiger partial charge in [-0.25, -0.2) is 0 Å². The third-order valence-corrected chi connectivity index (χ3v) is 3.54. The molecule has 1 N–H and O–H groups in total. The van der Waals surface area contributed by atoms with Crippen molar-refractivity contribution in [2.24, 2.45) is 0 Å². The highest BCUT2D eigenvalue weighted by Crippen LogP contribution is 2.23. The SMILES string of the molecule is Cc1ccc(C(C)(C)C(=O)NCc2ccncc2)cc1. The first-order chi connectivity index (χ1) is 9.50. The first kappa shape index (κ1) is 14.3. The minimum Gasteiger partial charge on any atom is -0.351 e. The maximum Gasteiger partial charge on any atom is 0.230 e. The molecule has 3 nitrogen and oxygen atoms in total. The molecule has 0 aliphatic heterocycles. The van der Waals surface area contributed by atoms with Gasteiger partial charge in [0.2, 0.25) is 5.91 Å². The van der Waals surface area contributed by atoms with Crippen LogP contribution >= 0.6 is 0 Å². The van der Waals surface area contributed by atoms with E-state index in [-0.39, 0.29) is 5.91 Å². The molecule has 3 heteroatoms. The maximum absolute atomic E-state index is 12.4. The van der Waals surface area contributed by atoms with Crippen molar-refractivity contribution < 1.29 is 4.79 Å². The van der Waals surface area contributed by atoms with Gasteiger partial charge in [-0.15, -0.1) is 0 Å². The Kier molecular flexibility index (Phi) is 4.18. The summed E-state index contributed by atoms with van der Waals surface area (Å²) in [4.78, 5) is 16.4. The lowest BCUT2D eigenvalue weighted by molar-refractivity contribution is -0.125. The summed E-state index contributed by atoms with van der Waals surface area (Å²) in [5, 5.41) is 2.99. The van der Waals surface area contributed by atoms with Gasteiger partial charge in [0, 0.05) is 18.9 Å². The van der Waals surface area contributed by atoms with Crippen molar-refractivity contribution >= 4 is 5.91 Å². The number of benzene rings is 1. The largest absolute Gasteiger partial charge is 0.351 e. The van der Waals surface area contributed by atoms with E-state index in [2.05, 4.69) is 10.3 Å². The van der Waals surface area contributed by atoms with Crippen molar-refractivity contribution in [1.82, 2.24) is 10.3 Å². The summed E-state index contributed by atoms with van der Waals surface area (Å²) >= 11 is 0. The molecular weight excluding hydrogens is 248 g/mol. The van der Waals surface area contributed by atoms with Gasteiger partial charge in [0.05, 0.1) is 5.41 Å². The van der Waals surface area contributed by atoms with Crippen molar-refractivity contribution in [1.29, 1.82) is 0 Å². The van der Waals surface area contributed by atoms with E-state index in [4.69, 9.17) is 0 Å². The summed E-state index contributed by atoms with van der Waals surface area (Å²) in [5.74, 6) is 0.0261. The summed E-state index contributed by atoms with van der Waals surface area (Å²) < 4.78 is 0. The minimum atomic E-state index is -0.541. The fraction of sp³-hybridized carbons (Fsp3) is 0.294. The first-order valence-corrected chi connectivity index (χ1v) is 6.74. The minimum absolute atomic E-state index is 0.0261. The number of carbonyl (C=O) groups excluding carboxylic acids is 1. The molecule has 0 atom stereocenters. The first-order valence-electron chi connectivity index (χ1n) is 6.74. The van der Waals surface area contributed by atoms with E-state index >= 15 is 0 Å². The van der Waals surface area contributed by atoms with Crippen LogP contribution in [0.15, 0.2) is 48.8 Å². The van der Waals surface area contributed by atoms with E-state index < -0.39 is 5.41 Å². The number of hydrogen-bond acceptors (Lipinski definition) is 2. The number of amides is 1. The number of hydrogen-bond donors (Lipinski definition) is 1. The van der Waals surface area contributed by atoms with Crippen molar-refractivity contribution in [3.8, 4) is 0 Å². The van der Waals surface area contributed by atoms with E-state index in [9.17, 15) is 4.79 Å². The number of nitrogens with one attached hydrogen (secondary N) is 1. The van der Waals surface area contributed by atoms with Gasteiger partial charge in [-0.3, -0.25) is 9.78 Å². The molecule has 0 saturated carbocycles. The summed E-state index contributed by atoms with van der Waals surface area (Å²) in [6, 6.07) is 11.9. The number of nitrogens with zero attached hydrogens (tertiary/aromatic N) is 1. The Hall–Kier alpha value is -2.16. The summed E-state index contributed by atoms with van der Waals surface area (Å²) in [5.41, 5.74) is 2.73. The summed E-state index contributed by atoms with van der Waals surface area (Å²) in [6.07, 6.45) is 3.46. The second-order valence-corrected chi connectivity index (χ2v) is 5.53. The lowest BCUT2D eigenvalue weighted by Gasteiger charge is -2.24. The molecule has 0 saturated heterocycles. The number of aryl methyl sites for hydroxylation is 1. The van der Waals surface area contributed by atoms with E-state index in [1.807, 2.05) is 57.2 Å². The molecule has 1 aromatic carbocycles. The molecule has 2 rings (SSSR count). The van der Waals surface area contributed by atoms with E-state index in [1.165, 1.54) is 5.56 Å². The van der Waals surface area contributed by atoms with Gasteiger partial charge in [0.15, 0.2) is 0 Å². The van der Waals surface area contributed by atoms with Crippen LogP contribution in [-0.2, 0) is 16.8 Å². The molecule has 0 fully saturated rings. The Balaban J connectivity index is 2.05. The number of carbonyl (C=O) groups is 1. The highest BCUT2D eigenvalue weighted by molar-refractivity contribution is 5.87. The fourth-order valence-corrected chi connectivity index (χ4v) is 2.01. The highest BCUT2D eigenvalue weighted by Gasteiger charge is 2.29. The molecule has 1 heterocycles. The molecule has 1 amide bonds. The summed E-state index contributed by atoms with van der Waals surface area (Å²) in [6.45, 7) is 6.45. The van der Waals surface area contributed by atoms with Crippen molar-refractivity contribution in [3.05, 3.63) is 65.5 Å². The van der Waals surface area contributed by atoms with E-state index in [1.54, 1.807) is 12.4 Å². The van der Waals surface area contributed by atoms with Crippen LogP contribution in [0.5, 0.6) is 0 Å². The van der Waals surface area contributed by atoms with Crippen LogP contribution in [0, 0.1) is 6.92 Å². The molecule has 2 aromatic rings. The number of rotatable bonds is 4. The molecule has 0 aliphatic rings. The Morgan fingerprint density at radius 2 is 1.70 bits per heavy atom. The van der Waals surface area contributed by atoms with E-state index in [0.717, 1.165) is 11.1 Å². The molecule has 0 aliphatic carbocycles. The maximum atomic E-state index is 12.4. The molecule has 0 spiro atoms. The number of pyridine rings is 1. The Morgan fingerprint density at radius 1 is 1.10 bits per heavy atom. The topological polar surface area (TPSA) is 42.0 Å². The molecule has 1 aromatic heterocycles. The zero-order chi connectivity index (χ0) is 14.6. The molecule has 20 heavy (non-hydrogen) atoms. The van der Waals surface area contributed by atoms with Crippen LogP contribution in [0.3, 0.4) is 0 Å². The van der Waals surface area contributed by atoms with Crippen molar-refractivity contribution in [3.63, 3.8) is 0 Å². The Morgan fingerprint density at radius 3 is 2.30 bits per heavy atom. The van der Waals surface area contributed by atoms with Crippen LogP contribution in [0.2, 0.25) is 0 Å². The van der Waals surface area contributed by atoms with Crippen LogP contribution in [-0.4, -0.2) is 10.9 Å². The quantitative estimate of drug-likeness (QED) is 0.926. The molecule has 0 unspecified atom stereocenters. The summed E-state index contributed by atoms with van der Waals surface area (Å²) in [7, 11) is 0. The molecule has 0 bridgehead atoms. The Bertz CT molecular complexity index is 574. The number of aromatic nitrogens is 1. The zero-order valence-electron chi connectivity index (χ0n) is 12.2. The molecule has 0 radical (unpaired) electrons. The van der Waals surface area contributed by atoms with Crippen molar-refractivity contribution in [2.45, 2.75) is 32.7 Å². The normalized spacial score (nSPS) is 11.2. The van der Waals surface area contributed by atoms with Gasteiger partial charge >= 0.3 is 0 Å². The smallest absolute Gasteiger partial charge is 0.230 e. The monoisotopic (exact) mass is 268 g/mol. The average molecular weight is 268 g/mol. The standard InChI is InChI=1S/C17H20N2O/c1-13-4-6-15(7-5-13)17(2,3)16(20)19-12-14-8-10-18-11-9-14/h4-11H,12H2,1-3H3,(H,19,20). The van der Waals surface area contributed by atoms with Gasteiger partial charge in [-0.2, -0.15) is 0 Å². The lowest BCUT2D eigenvalue weighted by Crippen LogP contribution is -2.39. The van der Waals surface area contributed by atoms with Crippen LogP contribution in [0.1, 0.15) is 30.5 Å². The second-order valence-electron chi connectivity index (χ2n) is 5.53. The third kappa shape index (κ3) is 3.23. The van der Waals surface area contributed by atoms with Crippen LogP contribution < -0.4 is 5.32 Å². The predicted octanol–water partition coefficient (Wildman–Crippen LogP) is 2.98. The van der Waals surface area contributed by atoms with Crippen molar-refractivity contribution in [2.75, 3.05) is 0 Å². The van der Waals surface area contributed by atoms with Gasteiger partial charge in [0.1, 0.15) is 0 Å². The van der Waals surface area contributed by atoms with Gasteiger partial charge < -0.3 is 5.32 Å². The molecular formula is C17H20N2O.